The number of hydrogen-bond acceptors (Lipinski definition) is 4. The Morgan fingerprint density at radius 3 is 2.46 bits per heavy atom. The van der Waals surface area contributed by atoms with Crippen LogP contribution in [-0.4, -0.2) is 26.4 Å². The summed E-state index contributed by atoms with van der Waals surface area (Å²) in [7, 11) is 3.37. The first-order chi connectivity index (χ1) is 11.2. The van der Waals surface area contributed by atoms with Crippen LogP contribution >= 0.6 is 0 Å². The average molecular weight is 400 g/mol. The van der Waals surface area contributed by atoms with Crippen molar-refractivity contribution in [2.45, 2.75) is 13.1 Å². The zero-order chi connectivity index (χ0) is 16.7. The molecule has 0 heterocycles. The number of nitrogens with one attached hydrogen (secondary N) is 2. The molecule has 1 radical (unpaired) electrons. The normalized spacial score (nSPS) is 9.75. The Morgan fingerprint density at radius 1 is 1.12 bits per heavy atom. The predicted molar refractivity (Wildman–Crippen MR) is 88.2 cm³/mol. The third-order valence-electron chi connectivity index (χ3n) is 3.35. The molecule has 0 atom stereocenters. The Kier molecular flexibility index (Phi) is 8.83. The minimum atomic E-state index is -0.264. The Bertz CT molecular complexity index is 704. The second kappa shape index (κ2) is 10.3. The molecule has 0 aromatic heterocycles. The van der Waals surface area contributed by atoms with Crippen LogP contribution in [0.25, 0.3) is 0 Å². The van der Waals surface area contributed by atoms with Gasteiger partial charge in [0.05, 0.1) is 19.1 Å². The van der Waals surface area contributed by atoms with Crippen LogP contribution in [0.3, 0.4) is 0 Å². The number of amides is 1. The van der Waals surface area contributed by atoms with Crippen molar-refractivity contribution in [3.63, 3.8) is 0 Å². The van der Waals surface area contributed by atoms with Gasteiger partial charge in [0.25, 0.3) is 0 Å². The molecule has 2 rings (SSSR count). The zero-order valence-electron chi connectivity index (χ0n) is 13.8. The topological polar surface area (TPSA) is 67.4 Å². The maximum Gasteiger partial charge on any atom is 0.239 e. The van der Waals surface area contributed by atoms with Crippen molar-refractivity contribution >= 4 is 12.2 Å². The van der Waals surface area contributed by atoms with Crippen molar-refractivity contribution in [3.05, 3.63) is 64.7 Å². The van der Waals surface area contributed by atoms with Gasteiger partial charge < -0.3 is 20.2 Å². The van der Waals surface area contributed by atoms with Gasteiger partial charge in [0.1, 0.15) is 0 Å². The van der Waals surface area contributed by atoms with Crippen molar-refractivity contribution in [3.8, 4) is 5.75 Å². The fourth-order valence-electron chi connectivity index (χ4n) is 2.25. The van der Waals surface area contributed by atoms with E-state index >= 15 is 0 Å². The van der Waals surface area contributed by atoms with Gasteiger partial charge in [0, 0.05) is 45.8 Å². The number of methoxy groups -OCH3 is 1. The largest absolute Gasteiger partial charge is 0.510 e. The van der Waals surface area contributed by atoms with Gasteiger partial charge in [-0.05, 0) is 29.8 Å². The van der Waals surface area contributed by atoms with Gasteiger partial charge >= 0.3 is 0 Å². The smallest absolute Gasteiger partial charge is 0.239 e. The van der Waals surface area contributed by atoms with E-state index < -0.39 is 0 Å². The van der Waals surface area contributed by atoms with E-state index in [2.05, 4.69) is 10.6 Å². The molecule has 0 unspecified atom stereocenters. The number of benzene rings is 2. The summed E-state index contributed by atoms with van der Waals surface area (Å²) >= 11 is 0. The van der Waals surface area contributed by atoms with E-state index in [0.29, 0.717) is 17.9 Å². The Labute approximate surface area is 167 Å². The second-order valence-corrected chi connectivity index (χ2v) is 5.09. The van der Waals surface area contributed by atoms with Gasteiger partial charge in [0.2, 0.25) is 5.91 Å². The monoisotopic (exact) mass is 400 g/mol. The quantitative estimate of drug-likeness (QED) is 0.696. The molecule has 0 aliphatic heterocycles. The Morgan fingerprint density at radius 2 is 1.83 bits per heavy atom. The Hall–Kier alpha value is -1.56. The third-order valence-corrected chi connectivity index (χ3v) is 3.35. The molecule has 2 aromatic carbocycles. The zero-order valence-corrected chi connectivity index (χ0v) is 16.6. The summed E-state index contributed by atoms with van der Waals surface area (Å²) in [4.78, 5) is 23.1. The molecule has 0 aliphatic carbocycles. The molecule has 5 nitrogen and oxygen atoms in total. The fourth-order valence-corrected chi connectivity index (χ4v) is 2.25. The van der Waals surface area contributed by atoms with E-state index in [0.717, 1.165) is 17.7 Å². The molecule has 0 aliphatic rings. The van der Waals surface area contributed by atoms with Crippen molar-refractivity contribution in [1.29, 1.82) is 0 Å². The summed E-state index contributed by atoms with van der Waals surface area (Å²) in [5, 5.41) is 5.93. The molecule has 24 heavy (non-hydrogen) atoms. The summed E-state index contributed by atoms with van der Waals surface area (Å²) < 4.78 is 5.09. The average Bonchev–Trinajstić information content (AvgIpc) is 2.59. The molecule has 0 saturated carbocycles. The van der Waals surface area contributed by atoms with E-state index in [9.17, 15) is 9.59 Å². The third kappa shape index (κ3) is 5.82. The molecule has 0 saturated heterocycles. The molecule has 2 N–H and O–H groups in total. The van der Waals surface area contributed by atoms with Crippen LogP contribution in [0.5, 0.6) is 5.75 Å². The molecule has 1 amide bonds. The number of ether oxygens (including phenoxy) is 1. The molecular weight excluding hydrogens is 381 g/mol. The van der Waals surface area contributed by atoms with Crippen LogP contribution in [0.2, 0.25) is 0 Å². The first-order valence-electron chi connectivity index (χ1n) is 7.24. The summed E-state index contributed by atoms with van der Waals surface area (Å²) in [6.07, 6.45) is 1.78. The molecule has 0 spiro atoms. The number of carbonyl (C=O) groups is 1. The van der Waals surface area contributed by atoms with Gasteiger partial charge in [-0.15, -0.1) is 17.7 Å². The number of hydrogen-bond donors (Lipinski definition) is 2. The van der Waals surface area contributed by atoms with E-state index in [4.69, 9.17) is 4.74 Å². The van der Waals surface area contributed by atoms with E-state index in [-0.39, 0.29) is 44.2 Å². The van der Waals surface area contributed by atoms with Crippen LogP contribution in [0.1, 0.15) is 27.0 Å². The summed E-state index contributed by atoms with van der Waals surface area (Å²) in [5.41, 5.74) is 2.81. The first-order valence-corrected chi connectivity index (χ1v) is 7.24. The number of rotatable bonds is 7. The predicted octanol–water partition coefficient (Wildman–Crippen LogP) is 1.80. The molecule has 2 aromatic rings. The van der Waals surface area contributed by atoms with Crippen LogP contribution in [0.15, 0.2) is 42.5 Å². The first kappa shape index (κ1) is 20.5. The van der Waals surface area contributed by atoms with Gasteiger partial charge in [-0.3, -0.25) is 4.79 Å². The van der Waals surface area contributed by atoms with Crippen molar-refractivity contribution in [1.82, 2.24) is 10.6 Å². The van der Waals surface area contributed by atoms with Crippen LogP contribution in [0.4, 0.5) is 0 Å². The van der Waals surface area contributed by atoms with Gasteiger partial charge in [-0.25, -0.2) is 0 Å². The maximum absolute atomic E-state index is 12.3. The van der Waals surface area contributed by atoms with Crippen LogP contribution < -0.4 is 15.4 Å². The minimum Gasteiger partial charge on any atom is -0.510 e. The van der Waals surface area contributed by atoms with Crippen LogP contribution in [0, 0.1) is 0 Å². The van der Waals surface area contributed by atoms with Crippen molar-refractivity contribution in [2.24, 2.45) is 0 Å². The van der Waals surface area contributed by atoms with E-state index in [1.54, 1.807) is 12.4 Å². The van der Waals surface area contributed by atoms with Gasteiger partial charge in [-0.2, -0.15) is 0 Å². The minimum absolute atomic E-state index is 0. The summed E-state index contributed by atoms with van der Waals surface area (Å²) in [6, 6.07) is 12.6. The molecular formula is C18H19N2O3Y-. The van der Waals surface area contributed by atoms with Crippen molar-refractivity contribution < 1.29 is 47.0 Å². The molecule has 6 heteroatoms. The van der Waals surface area contributed by atoms with Crippen LogP contribution in [-0.2, 0) is 50.6 Å². The standard InChI is InChI=1S/C18H19N2O3.Y/c1-19-10-13-4-3-5-14(6-13)11-20-18(22)16-7-15(12-21)8-17(9-16)23-2;/h3-9,19H,10-11H2,1-2H3,(H,20,22);/q-1;. The summed E-state index contributed by atoms with van der Waals surface area (Å²) in [6.45, 7) is 1.18. The maximum atomic E-state index is 12.3. The van der Waals surface area contributed by atoms with Gasteiger partial charge in [0.15, 0.2) is 0 Å². The second-order valence-electron chi connectivity index (χ2n) is 5.09. The van der Waals surface area contributed by atoms with E-state index in [1.807, 2.05) is 31.3 Å². The number of carbonyl (C=O) groups excluding carboxylic acids is 2. The molecule has 0 bridgehead atoms. The Balaban J connectivity index is 0.00000288. The van der Waals surface area contributed by atoms with E-state index in [1.165, 1.54) is 19.2 Å². The van der Waals surface area contributed by atoms with Gasteiger partial charge in [-0.1, -0.05) is 24.3 Å². The molecule has 0 fully saturated rings. The molecule has 123 valence electrons. The fraction of sp³-hybridized carbons (Fsp3) is 0.222. The van der Waals surface area contributed by atoms with Crippen molar-refractivity contribution in [2.75, 3.05) is 14.2 Å². The SMILES string of the molecule is CNCc1cccc(CNC(=O)c2cc([C-]=O)cc(OC)c2)c1.[Y]. The summed E-state index contributed by atoms with van der Waals surface area (Å²) in [5.74, 6) is 0.187.